The summed E-state index contributed by atoms with van der Waals surface area (Å²) >= 11 is 1.42. The zero-order valence-corrected chi connectivity index (χ0v) is 15.9. The van der Waals surface area contributed by atoms with Crippen LogP contribution >= 0.6 is 11.8 Å². The predicted molar refractivity (Wildman–Crippen MR) is 103 cm³/mol. The van der Waals surface area contributed by atoms with E-state index < -0.39 is 28.5 Å². The largest absolute Gasteiger partial charge is 0.379 e. The highest BCUT2D eigenvalue weighted by Crippen LogP contribution is 2.53. The summed E-state index contributed by atoms with van der Waals surface area (Å²) in [6.07, 6.45) is 0.961. The fourth-order valence-electron chi connectivity index (χ4n) is 3.59. The number of aromatic nitrogens is 1. The van der Waals surface area contributed by atoms with Gasteiger partial charge in [-0.25, -0.2) is 18.8 Å². The number of carbonyl (C=O) groups excluding carboxylic acids is 1. The van der Waals surface area contributed by atoms with Crippen LogP contribution in [0, 0.1) is 17.0 Å². The first-order chi connectivity index (χ1) is 13.3. The van der Waals surface area contributed by atoms with E-state index in [1.54, 1.807) is 6.07 Å². The zero-order chi connectivity index (χ0) is 19.9. The van der Waals surface area contributed by atoms with E-state index >= 15 is 0 Å². The van der Waals surface area contributed by atoms with Gasteiger partial charge in [0.15, 0.2) is 5.17 Å². The molecule has 4 rings (SSSR count). The van der Waals surface area contributed by atoms with Crippen LogP contribution in [0.3, 0.4) is 0 Å². The number of hydrogen-bond acceptors (Lipinski definition) is 6. The van der Waals surface area contributed by atoms with Crippen molar-refractivity contribution in [1.29, 1.82) is 0 Å². The Morgan fingerprint density at radius 1 is 1.29 bits per heavy atom. The Kier molecular flexibility index (Phi) is 4.59. The Morgan fingerprint density at radius 2 is 2.11 bits per heavy atom. The number of benzene rings is 1. The molecule has 1 aromatic carbocycles. The Morgan fingerprint density at radius 3 is 2.86 bits per heavy atom. The number of pyridine rings is 1. The standard InChI is InChI=1S/C19H18F2N4O2S/c1-18-8-27-9-19(18,25-17(22)28-10-18)13-6-12(3-4-14(13)21)24-16(26)15-5-2-11(20)7-23-15/h2-7H,8-10H2,1H3,(H2,22,25)(H,24,26). The summed E-state index contributed by atoms with van der Waals surface area (Å²) in [7, 11) is 0. The summed E-state index contributed by atoms with van der Waals surface area (Å²) < 4.78 is 33.5. The summed E-state index contributed by atoms with van der Waals surface area (Å²) in [5.74, 6) is -0.857. The summed E-state index contributed by atoms with van der Waals surface area (Å²) in [4.78, 5) is 20.7. The third-order valence-electron chi connectivity index (χ3n) is 5.20. The number of halogens is 2. The van der Waals surface area contributed by atoms with Crippen molar-refractivity contribution in [3.8, 4) is 0 Å². The molecule has 146 valence electrons. The van der Waals surface area contributed by atoms with Crippen molar-refractivity contribution in [2.75, 3.05) is 24.3 Å². The first kappa shape index (κ1) is 18.8. The van der Waals surface area contributed by atoms with Gasteiger partial charge >= 0.3 is 0 Å². The number of amides is 1. The second-order valence-corrected chi connectivity index (χ2v) is 8.16. The van der Waals surface area contributed by atoms with Crippen molar-refractivity contribution in [3.05, 3.63) is 59.4 Å². The second kappa shape index (κ2) is 6.82. The topological polar surface area (TPSA) is 89.6 Å². The third kappa shape index (κ3) is 3.04. The highest BCUT2D eigenvalue weighted by Gasteiger charge is 2.57. The molecule has 0 saturated carbocycles. The van der Waals surface area contributed by atoms with Crippen molar-refractivity contribution >= 4 is 28.5 Å². The first-order valence-corrected chi connectivity index (χ1v) is 9.60. The predicted octanol–water partition coefficient (Wildman–Crippen LogP) is 2.91. The van der Waals surface area contributed by atoms with Gasteiger partial charge in [-0.05, 0) is 30.3 Å². The molecule has 0 aliphatic carbocycles. The number of fused-ring (bicyclic) bond motifs is 1. The van der Waals surface area contributed by atoms with E-state index in [9.17, 15) is 13.6 Å². The van der Waals surface area contributed by atoms with Crippen LogP contribution in [0.25, 0.3) is 0 Å². The molecule has 28 heavy (non-hydrogen) atoms. The molecule has 6 nitrogen and oxygen atoms in total. The van der Waals surface area contributed by atoms with Crippen LogP contribution in [0.1, 0.15) is 23.0 Å². The van der Waals surface area contributed by atoms with Crippen LogP contribution in [0.15, 0.2) is 41.5 Å². The molecule has 3 heterocycles. The van der Waals surface area contributed by atoms with Crippen molar-refractivity contribution in [3.63, 3.8) is 0 Å². The van der Waals surface area contributed by atoms with E-state index in [2.05, 4.69) is 15.3 Å². The smallest absolute Gasteiger partial charge is 0.274 e. The molecule has 0 spiro atoms. The highest BCUT2D eigenvalue weighted by molar-refractivity contribution is 8.13. The van der Waals surface area contributed by atoms with Crippen LogP contribution in [0.5, 0.6) is 0 Å². The van der Waals surface area contributed by atoms with E-state index in [1.807, 2.05) is 6.92 Å². The van der Waals surface area contributed by atoms with Gasteiger partial charge in [0.1, 0.15) is 22.9 Å². The molecule has 3 N–H and O–H groups in total. The van der Waals surface area contributed by atoms with Gasteiger partial charge in [0.25, 0.3) is 5.91 Å². The van der Waals surface area contributed by atoms with Crippen molar-refractivity contribution < 1.29 is 18.3 Å². The minimum Gasteiger partial charge on any atom is -0.379 e. The number of rotatable bonds is 3. The Balaban J connectivity index is 1.70. The molecule has 9 heteroatoms. The Bertz CT molecular complexity index is 969. The van der Waals surface area contributed by atoms with Crippen molar-refractivity contribution in [2.45, 2.75) is 12.5 Å². The number of amidine groups is 1. The minimum absolute atomic E-state index is 0.0517. The normalized spacial score (nSPS) is 26.5. The quantitative estimate of drug-likeness (QED) is 0.821. The SMILES string of the molecule is CC12COCC1(c1cc(NC(=O)c3ccc(F)cn3)ccc1F)N=C(N)SC2. The van der Waals surface area contributed by atoms with Gasteiger partial charge in [0.05, 0.1) is 19.4 Å². The zero-order valence-electron chi connectivity index (χ0n) is 15.0. The molecule has 2 atom stereocenters. The lowest BCUT2D eigenvalue weighted by Gasteiger charge is -2.42. The maximum atomic E-state index is 14.8. The molecular formula is C19H18F2N4O2S. The number of hydrogen-bond donors (Lipinski definition) is 2. The lowest BCUT2D eigenvalue weighted by Crippen LogP contribution is -2.48. The van der Waals surface area contributed by atoms with E-state index in [1.165, 1.54) is 30.0 Å². The van der Waals surface area contributed by atoms with E-state index in [0.717, 1.165) is 12.3 Å². The van der Waals surface area contributed by atoms with Gasteiger partial charge in [0.2, 0.25) is 0 Å². The van der Waals surface area contributed by atoms with Crippen LogP contribution in [0.4, 0.5) is 14.5 Å². The number of anilines is 1. The van der Waals surface area contributed by atoms with Gasteiger partial charge in [0, 0.05) is 22.4 Å². The fraction of sp³-hybridized carbons (Fsp3) is 0.316. The maximum absolute atomic E-state index is 14.8. The number of nitrogens with two attached hydrogens (primary N) is 1. The number of ether oxygens (including phenoxy) is 1. The maximum Gasteiger partial charge on any atom is 0.274 e. The molecule has 2 unspecified atom stereocenters. The van der Waals surface area contributed by atoms with E-state index in [4.69, 9.17) is 10.5 Å². The number of thioether (sulfide) groups is 1. The molecule has 0 radical (unpaired) electrons. The molecule has 1 amide bonds. The number of aliphatic imine (C=N–C) groups is 1. The summed E-state index contributed by atoms with van der Waals surface area (Å²) in [5.41, 5.74) is 5.32. The average Bonchev–Trinajstić information content (AvgIpc) is 3.01. The Labute approximate surface area is 164 Å². The number of nitrogens with zero attached hydrogens (tertiary/aromatic N) is 2. The average molecular weight is 404 g/mol. The molecule has 2 aliphatic heterocycles. The fourth-order valence-corrected chi connectivity index (χ4v) is 4.60. The molecule has 2 aromatic rings. The van der Waals surface area contributed by atoms with E-state index in [-0.39, 0.29) is 12.3 Å². The summed E-state index contributed by atoms with van der Waals surface area (Å²) in [6.45, 7) is 2.64. The lowest BCUT2D eigenvalue weighted by molar-refractivity contribution is 0.102. The van der Waals surface area contributed by atoms with Gasteiger partial charge in [-0.1, -0.05) is 18.7 Å². The molecule has 2 aliphatic rings. The highest BCUT2D eigenvalue weighted by atomic mass is 32.2. The van der Waals surface area contributed by atoms with Crippen molar-refractivity contribution in [2.24, 2.45) is 16.1 Å². The number of nitrogens with one attached hydrogen (secondary N) is 1. The molecular weight excluding hydrogens is 386 g/mol. The van der Waals surface area contributed by atoms with E-state index in [0.29, 0.717) is 28.8 Å². The number of carbonyl (C=O) groups is 1. The summed E-state index contributed by atoms with van der Waals surface area (Å²) in [6, 6.07) is 6.71. The van der Waals surface area contributed by atoms with Gasteiger partial charge in [-0.2, -0.15) is 0 Å². The third-order valence-corrected chi connectivity index (χ3v) is 6.37. The Hall–Kier alpha value is -2.52. The molecule has 0 bridgehead atoms. The van der Waals surface area contributed by atoms with Gasteiger partial charge < -0.3 is 15.8 Å². The molecule has 1 saturated heterocycles. The monoisotopic (exact) mass is 404 g/mol. The second-order valence-electron chi connectivity index (χ2n) is 7.16. The van der Waals surface area contributed by atoms with Crippen LogP contribution in [-0.4, -0.2) is 35.0 Å². The van der Waals surface area contributed by atoms with Crippen molar-refractivity contribution in [1.82, 2.24) is 4.98 Å². The minimum atomic E-state index is -0.957. The summed E-state index contributed by atoms with van der Waals surface area (Å²) in [5, 5.41) is 3.05. The first-order valence-electron chi connectivity index (χ1n) is 8.62. The van der Waals surface area contributed by atoms with Crippen LogP contribution < -0.4 is 11.1 Å². The lowest BCUT2D eigenvalue weighted by atomic mass is 9.70. The van der Waals surface area contributed by atoms with Gasteiger partial charge in [-0.3, -0.25) is 4.79 Å². The van der Waals surface area contributed by atoms with Gasteiger partial charge in [-0.15, -0.1) is 0 Å². The molecule has 1 fully saturated rings. The van der Waals surface area contributed by atoms with Crippen LogP contribution in [0.2, 0.25) is 0 Å². The van der Waals surface area contributed by atoms with Crippen LogP contribution in [-0.2, 0) is 10.3 Å². The molecule has 1 aromatic heterocycles.